The maximum atomic E-state index is 12.6. The molecular weight excluding hydrogens is 276 g/mol. The second-order valence-electron chi connectivity index (χ2n) is 5.51. The van der Waals surface area contributed by atoms with Gasteiger partial charge in [-0.25, -0.2) is 8.42 Å². The number of hydrogen-bond donors (Lipinski definition) is 2. The Bertz CT molecular complexity index is 600. The van der Waals surface area contributed by atoms with Crippen LogP contribution in [0.25, 0.3) is 0 Å². The number of piperidine rings is 1. The van der Waals surface area contributed by atoms with E-state index in [-0.39, 0.29) is 6.54 Å². The fraction of sp³-hybridized carbons (Fsp3) is 0.571. The summed E-state index contributed by atoms with van der Waals surface area (Å²) in [5.74, 6) is 0. The third-order valence-corrected chi connectivity index (χ3v) is 5.87. The Hall–Kier alpha value is -1.11. The van der Waals surface area contributed by atoms with Crippen molar-refractivity contribution < 1.29 is 13.5 Å². The van der Waals surface area contributed by atoms with Gasteiger partial charge in [0.2, 0.25) is 10.0 Å². The summed E-state index contributed by atoms with van der Waals surface area (Å²) in [5.41, 5.74) is 2.10. The summed E-state index contributed by atoms with van der Waals surface area (Å²) in [7, 11) is -3.48. The van der Waals surface area contributed by atoms with Crippen LogP contribution in [0.15, 0.2) is 23.1 Å². The van der Waals surface area contributed by atoms with Crippen LogP contribution in [0.5, 0.6) is 0 Å². The van der Waals surface area contributed by atoms with Gasteiger partial charge in [0.25, 0.3) is 0 Å². The van der Waals surface area contributed by atoms with Gasteiger partial charge >= 0.3 is 0 Å². The van der Waals surface area contributed by atoms with E-state index in [0.29, 0.717) is 24.3 Å². The van der Waals surface area contributed by atoms with E-state index in [0.717, 1.165) is 30.6 Å². The lowest BCUT2D eigenvalue weighted by Gasteiger charge is -2.29. The van der Waals surface area contributed by atoms with Crippen molar-refractivity contribution in [2.24, 2.45) is 0 Å². The molecule has 0 saturated carbocycles. The number of aryl methyl sites for hydroxylation is 1. The van der Waals surface area contributed by atoms with Crippen LogP contribution in [-0.2, 0) is 16.4 Å². The first kappa shape index (κ1) is 13.9. The van der Waals surface area contributed by atoms with Gasteiger partial charge in [0.1, 0.15) is 0 Å². The Labute approximate surface area is 119 Å². The smallest absolute Gasteiger partial charge is 0.243 e. The minimum absolute atomic E-state index is 0.206. The number of hydrogen-bond acceptors (Lipinski definition) is 4. The summed E-state index contributed by atoms with van der Waals surface area (Å²) in [6.07, 6.45) is 2.79. The second-order valence-corrected chi connectivity index (χ2v) is 7.45. The quantitative estimate of drug-likeness (QED) is 0.860. The Morgan fingerprint density at radius 3 is 2.95 bits per heavy atom. The fourth-order valence-electron chi connectivity index (χ4n) is 2.90. The number of anilines is 1. The van der Waals surface area contributed by atoms with Gasteiger partial charge in [-0.3, -0.25) is 0 Å². The van der Waals surface area contributed by atoms with Crippen molar-refractivity contribution in [2.45, 2.75) is 36.7 Å². The van der Waals surface area contributed by atoms with Gasteiger partial charge in [0, 0.05) is 25.3 Å². The van der Waals surface area contributed by atoms with E-state index in [1.807, 2.05) is 6.07 Å². The molecule has 6 heteroatoms. The van der Waals surface area contributed by atoms with Gasteiger partial charge in [-0.2, -0.15) is 4.31 Å². The zero-order valence-electron chi connectivity index (χ0n) is 11.4. The largest absolute Gasteiger partial charge is 0.392 e. The molecule has 2 aliphatic heterocycles. The predicted octanol–water partition coefficient (Wildman–Crippen LogP) is 1.19. The molecule has 2 N–H and O–H groups in total. The van der Waals surface area contributed by atoms with Crippen LogP contribution in [-0.4, -0.2) is 43.6 Å². The maximum Gasteiger partial charge on any atom is 0.243 e. The molecule has 1 atom stereocenters. The zero-order chi connectivity index (χ0) is 14.2. The van der Waals surface area contributed by atoms with Gasteiger partial charge in [-0.1, -0.05) is 0 Å². The van der Waals surface area contributed by atoms with Crippen LogP contribution in [0.4, 0.5) is 5.69 Å². The third-order valence-electron chi connectivity index (χ3n) is 4.01. The highest BCUT2D eigenvalue weighted by molar-refractivity contribution is 7.89. The van der Waals surface area contributed by atoms with E-state index in [2.05, 4.69) is 5.32 Å². The molecule has 0 radical (unpaired) electrons. The molecule has 0 amide bonds. The van der Waals surface area contributed by atoms with Crippen LogP contribution in [0.2, 0.25) is 0 Å². The second kappa shape index (κ2) is 5.35. The first-order valence-electron chi connectivity index (χ1n) is 7.12. The summed E-state index contributed by atoms with van der Waals surface area (Å²) >= 11 is 0. The Morgan fingerprint density at radius 2 is 2.15 bits per heavy atom. The number of rotatable bonds is 2. The lowest BCUT2D eigenvalue weighted by molar-refractivity contribution is 0.108. The molecule has 0 aliphatic carbocycles. The molecular formula is C14H20N2O3S. The van der Waals surface area contributed by atoms with Gasteiger partial charge in [-0.05, 0) is 49.4 Å². The van der Waals surface area contributed by atoms with E-state index in [9.17, 15) is 13.5 Å². The fourth-order valence-corrected chi connectivity index (χ4v) is 4.47. The van der Waals surface area contributed by atoms with Crippen molar-refractivity contribution in [3.05, 3.63) is 23.8 Å². The summed E-state index contributed by atoms with van der Waals surface area (Å²) in [4.78, 5) is 0.342. The van der Waals surface area contributed by atoms with Crippen molar-refractivity contribution in [3.8, 4) is 0 Å². The number of β-amino-alcohol motifs (C(OH)–C–C–N with tert-alkyl or cyclic N) is 1. The van der Waals surface area contributed by atoms with Gasteiger partial charge in [0.05, 0.1) is 11.0 Å². The predicted molar refractivity (Wildman–Crippen MR) is 77.3 cm³/mol. The summed E-state index contributed by atoms with van der Waals surface area (Å²) in [5, 5.41) is 12.9. The van der Waals surface area contributed by atoms with Crippen molar-refractivity contribution in [3.63, 3.8) is 0 Å². The number of nitrogens with zero attached hydrogens (tertiary/aromatic N) is 1. The minimum Gasteiger partial charge on any atom is -0.392 e. The molecule has 110 valence electrons. The molecule has 1 aromatic carbocycles. The molecule has 3 rings (SSSR count). The highest BCUT2D eigenvalue weighted by Crippen LogP contribution is 2.27. The van der Waals surface area contributed by atoms with Crippen molar-refractivity contribution in [2.75, 3.05) is 25.0 Å². The first-order chi connectivity index (χ1) is 9.57. The van der Waals surface area contributed by atoms with Gasteiger partial charge in [0.15, 0.2) is 0 Å². The van der Waals surface area contributed by atoms with E-state index in [1.54, 1.807) is 12.1 Å². The van der Waals surface area contributed by atoms with E-state index < -0.39 is 16.1 Å². The molecule has 0 bridgehead atoms. The molecule has 5 nitrogen and oxygen atoms in total. The van der Waals surface area contributed by atoms with Crippen molar-refractivity contribution >= 4 is 15.7 Å². The van der Waals surface area contributed by atoms with Gasteiger partial charge < -0.3 is 10.4 Å². The molecule has 1 fully saturated rings. The molecule has 0 aromatic heterocycles. The minimum atomic E-state index is -3.48. The summed E-state index contributed by atoms with van der Waals surface area (Å²) < 4.78 is 26.6. The number of sulfonamides is 1. The SMILES string of the molecule is O=S(=O)(c1ccc2c(c1)CCCN2)N1CCCC(O)C1. The Balaban J connectivity index is 1.90. The summed E-state index contributed by atoms with van der Waals surface area (Å²) in [6, 6.07) is 5.28. The molecule has 1 aromatic rings. The lowest BCUT2D eigenvalue weighted by atomic mass is 10.0. The van der Waals surface area contributed by atoms with Crippen molar-refractivity contribution in [1.82, 2.24) is 4.31 Å². The number of aliphatic hydroxyl groups excluding tert-OH is 1. The van der Waals surface area contributed by atoms with E-state index >= 15 is 0 Å². The van der Waals surface area contributed by atoms with Crippen LogP contribution in [0, 0.1) is 0 Å². The maximum absolute atomic E-state index is 12.6. The van der Waals surface area contributed by atoms with Crippen LogP contribution < -0.4 is 5.32 Å². The molecule has 0 spiro atoms. The number of benzene rings is 1. The molecule has 1 saturated heterocycles. The molecule has 2 aliphatic rings. The monoisotopic (exact) mass is 296 g/mol. The average Bonchev–Trinajstić information content (AvgIpc) is 2.46. The third kappa shape index (κ3) is 2.55. The zero-order valence-corrected chi connectivity index (χ0v) is 12.2. The average molecular weight is 296 g/mol. The number of aliphatic hydroxyl groups is 1. The van der Waals surface area contributed by atoms with Crippen molar-refractivity contribution in [1.29, 1.82) is 0 Å². The number of nitrogens with one attached hydrogen (secondary N) is 1. The highest BCUT2D eigenvalue weighted by atomic mass is 32.2. The molecule has 20 heavy (non-hydrogen) atoms. The van der Waals surface area contributed by atoms with Gasteiger partial charge in [-0.15, -0.1) is 0 Å². The molecule has 2 heterocycles. The summed E-state index contributed by atoms with van der Waals surface area (Å²) in [6.45, 7) is 1.64. The lowest BCUT2D eigenvalue weighted by Crippen LogP contribution is -2.42. The highest BCUT2D eigenvalue weighted by Gasteiger charge is 2.29. The van der Waals surface area contributed by atoms with Crippen LogP contribution in [0.3, 0.4) is 0 Å². The normalized spacial score (nSPS) is 23.9. The molecule has 1 unspecified atom stereocenters. The first-order valence-corrected chi connectivity index (χ1v) is 8.56. The Kier molecular flexibility index (Phi) is 3.70. The Morgan fingerprint density at radius 1 is 1.30 bits per heavy atom. The van der Waals surface area contributed by atoms with Crippen LogP contribution >= 0.6 is 0 Å². The van der Waals surface area contributed by atoms with E-state index in [1.165, 1.54) is 4.31 Å². The topological polar surface area (TPSA) is 69.6 Å². The standard InChI is InChI=1S/C14H20N2O3S/c17-12-4-2-8-16(10-12)20(18,19)13-5-6-14-11(9-13)3-1-7-15-14/h5-6,9,12,15,17H,1-4,7-8,10H2. The number of fused-ring (bicyclic) bond motifs is 1. The van der Waals surface area contributed by atoms with E-state index in [4.69, 9.17) is 0 Å². The van der Waals surface area contributed by atoms with Crippen LogP contribution in [0.1, 0.15) is 24.8 Å².